The van der Waals surface area contributed by atoms with Crippen LogP contribution in [0.4, 0.5) is 0 Å². The highest BCUT2D eigenvalue weighted by Gasteiger charge is 2.31. The van der Waals surface area contributed by atoms with Crippen LogP contribution in [-0.4, -0.2) is 31.7 Å². The van der Waals surface area contributed by atoms with Gasteiger partial charge in [-0.15, -0.1) is 4.40 Å². The quantitative estimate of drug-likeness (QED) is 0.607. The lowest BCUT2D eigenvalue weighted by Crippen LogP contribution is -2.21. The van der Waals surface area contributed by atoms with Crippen LogP contribution in [0.15, 0.2) is 33.6 Å². The molecule has 0 amide bonds. The molecule has 0 aromatic heterocycles. The van der Waals surface area contributed by atoms with Crippen LogP contribution in [0.1, 0.15) is 5.56 Å². The van der Waals surface area contributed by atoms with E-state index in [2.05, 4.69) is 9.05 Å². The summed E-state index contributed by atoms with van der Waals surface area (Å²) < 4.78 is 30.6. The molecular weight excluding hydrogens is 221 g/mol. The summed E-state index contributed by atoms with van der Waals surface area (Å²) in [4.78, 5) is 0.000602. The molecular formula is C7H6BNO5S. The maximum absolute atomic E-state index is 11.4. The maximum Gasteiger partial charge on any atom is 0.708 e. The van der Waals surface area contributed by atoms with Crippen LogP contribution >= 0.6 is 0 Å². The monoisotopic (exact) mass is 227 g/mol. The molecule has 1 aliphatic rings. The normalized spacial score (nSPS) is 16.8. The highest BCUT2D eigenvalue weighted by Crippen LogP contribution is 2.26. The second-order valence-electron chi connectivity index (χ2n) is 2.81. The molecule has 0 bridgehead atoms. The lowest BCUT2D eigenvalue weighted by Gasteiger charge is -2.02. The number of nitrogens with zero attached hydrogens (tertiary/aromatic N) is 1. The third-order valence-corrected chi connectivity index (χ3v) is 3.13. The lowest BCUT2D eigenvalue weighted by atomic mass is 10.2. The maximum atomic E-state index is 11.4. The average Bonchev–Trinajstić information content (AvgIpc) is 2.39. The number of rotatable bonds is 1. The van der Waals surface area contributed by atoms with Gasteiger partial charge in [-0.05, 0) is 12.1 Å². The van der Waals surface area contributed by atoms with Gasteiger partial charge in [0, 0.05) is 0 Å². The van der Waals surface area contributed by atoms with E-state index in [0.29, 0.717) is 0 Å². The topological polar surface area (TPSA) is 96.2 Å². The summed E-state index contributed by atoms with van der Waals surface area (Å²) in [6.07, 6.45) is 0. The molecule has 0 atom stereocenters. The van der Waals surface area contributed by atoms with Crippen LogP contribution in [0.5, 0.6) is 0 Å². The molecule has 0 saturated carbocycles. The van der Waals surface area contributed by atoms with Gasteiger partial charge in [0.05, 0.1) is 5.56 Å². The van der Waals surface area contributed by atoms with Gasteiger partial charge in [0.2, 0.25) is 5.90 Å². The predicted octanol–water partition coefficient (Wildman–Crippen LogP) is -0.878. The molecule has 0 fully saturated rings. The minimum absolute atomic E-state index is 0.000602. The highest BCUT2D eigenvalue weighted by molar-refractivity contribution is 7.90. The second kappa shape index (κ2) is 3.33. The summed E-state index contributed by atoms with van der Waals surface area (Å²) in [5.41, 5.74) is 0.227. The van der Waals surface area contributed by atoms with Gasteiger partial charge in [-0.2, -0.15) is 8.42 Å². The van der Waals surface area contributed by atoms with E-state index >= 15 is 0 Å². The molecule has 0 saturated heterocycles. The average molecular weight is 227 g/mol. The zero-order valence-corrected chi connectivity index (χ0v) is 8.18. The molecule has 1 aromatic carbocycles. The Hall–Kier alpha value is -1.38. The van der Waals surface area contributed by atoms with Gasteiger partial charge in [0.25, 0.3) is 10.0 Å². The van der Waals surface area contributed by atoms with Crippen LogP contribution in [0.3, 0.4) is 0 Å². The van der Waals surface area contributed by atoms with Crippen LogP contribution in [0.2, 0.25) is 0 Å². The molecule has 0 aliphatic carbocycles. The van der Waals surface area contributed by atoms with Gasteiger partial charge < -0.3 is 14.7 Å². The zero-order chi connectivity index (χ0) is 11.1. The molecule has 0 radical (unpaired) electrons. The van der Waals surface area contributed by atoms with E-state index in [0.717, 1.165) is 0 Å². The smallest absolute Gasteiger partial charge is 0.497 e. The first kappa shape index (κ1) is 10.2. The first-order valence-electron chi connectivity index (χ1n) is 3.98. The van der Waals surface area contributed by atoms with Crippen molar-refractivity contribution >= 4 is 23.2 Å². The van der Waals surface area contributed by atoms with Gasteiger partial charge in [-0.25, -0.2) is 0 Å². The van der Waals surface area contributed by atoms with Crippen molar-refractivity contribution in [1.29, 1.82) is 0 Å². The first-order chi connectivity index (χ1) is 7.00. The molecule has 0 unspecified atom stereocenters. The predicted molar refractivity (Wildman–Crippen MR) is 51.4 cm³/mol. The first-order valence-corrected chi connectivity index (χ1v) is 5.42. The number of sulfonamides is 1. The largest absolute Gasteiger partial charge is 0.708 e. The van der Waals surface area contributed by atoms with Crippen molar-refractivity contribution in [3.05, 3.63) is 29.8 Å². The van der Waals surface area contributed by atoms with E-state index in [-0.39, 0.29) is 16.4 Å². The van der Waals surface area contributed by atoms with Crippen LogP contribution < -0.4 is 0 Å². The van der Waals surface area contributed by atoms with Crippen molar-refractivity contribution in [3.8, 4) is 0 Å². The van der Waals surface area contributed by atoms with E-state index in [4.69, 9.17) is 10.0 Å². The standard InChI is InChI=1S/C7H6BNO5S/c10-8(11)14-7-5-3-1-2-4-6(5)15(12,13)9-7/h1-4,10-11H. The van der Waals surface area contributed by atoms with Gasteiger partial charge >= 0.3 is 7.32 Å². The molecule has 1 heterocycles. The Morgan fingerprint density at radius 2 is 1.93 bits per heavy atom. The molecule has 2 N–H and O–H groups in total. The summed E-state index contributed by atoms with van der Waals surface area (Å²) in [5.74, 6) is -0.305. The Kier molecular flexibility index (Phi) is 2.26. The van der Waals surface area contributed by atoms with E-state index in [1.807, 2.05) is 0 Å². The molecule has 6 nitrogen and oxygen atoms in total. The van der Waals surface area contributed by atoms with Crippen molar-refractivity contribution in [2.75, 3.05) is 0 Å². The van der Waals surface area contributed by atoms with Crippen molar-refractivity contribution in [2.24, 2.45) is 4.40 Å². The van der Waals surface area contributed by atoms with Crippen molar-refractivity contribution in [3.63, 3.8) is 0 Å². The summed E-state index contributed by atoms with van der Waals surface area (Å²) >= 11 is 0. The van der Waals surface area contributed by atoms with Crippen LogP contribution in [0, 0.1) is 0 Å². The van der Waals surface area contributed by atoms with Gasteiger partial charge in [-0.1, -0.05) is 12.1 Å². The molecule has 15 heavy (non-hydrogen) atoms. The fourth-order valence-electron chi connectivity index (χ4n) is 1.26. The number of hydrogen-bond donors (Lipinski definition) is 2. The summed E-state index contributed by atoms with van der Waals surface area (Å²) in [6.45, 7) is 0. The Balaban J connectivity index is 2.54. The van der Waals surface area contributed by atoms with Crippen molar-refractivity contribution in [2.45, 2.75) is 4.90 Å². The van der Waals surface area contributed by atoms with E-state index in [9.17, 15) is 8.42 Å². The number of fused-ring (bicyclic) bond motifs is 1. The molecule has 2 rings (SSSR count). The third kappa shape index (κ3) is 1.74. The van der Waals surface area contributed by atoms with Gasteiger partial charge in [0.1, 0.15) is 4.90 Å². The SMILES string of the molecule is O=S1(=O)N=C(OB(O)O)c2ccccc21. The molecule has 8 heteroatoms. The Morgan fingerprint density at radius 1 is 1.27 bits per heavy atom. The fraction of sp³-hybridized carbons (Fsp3) is 0. The minimum atomic E-state index is -3.76. The van der Waals surface area contributed by atoms with E-state index in [1.54, 1.807) is 12.1 Å². The fourth-order valence-corrected chi connectivity index (χ4v) is 2.40. The lowest BCUT2D eigenvalue weighted by molar-refractivity contribution is 0.283. The third-order valence-electron chi connectivity index (χ3n) is 1.82. The second-order valence-corrected chi connectivity index (χ2v) is 4.38. The van der Waals surface area contributed by atoms with Crippen LogP contribution in [0.25, 0.3) is 0 Å². The minimum Gasteiger partial charge on any atom is -0.497 e. The Bertz CT molecular complexity index is 524. The Labute approximate surface area is 86.1 Å². The van der Waals surface area contributed by atoms with Crippen molar-refractivity contribution in [1.82, 2.24) is 0 Å². The number of hydrogen-bond acceptors (Lipinski definition) is 5. The zero-order valence-electron chi connectivity index (χ0n) is 7.36. The number of benzene rings is 1. The van der Waals surface area contributed by atoms with Gasteiger partial charge in [-0.3, -0.25) is 0 Å². The van der Waals surface area contributed by atoms with Crippen molar-refractivity contribution < 1.29 is 23.1 Å². The molecule has 1 aromatic rings. The molecule has 0 spiro atoms. The van der Waals surface area contributed by atoms with Crippen LogP contribution in [-0.2, 0) is 14.7 Å². The summed E-state index contributed by atoms with van der Waals surface area (Å²) in [6, 6.07) is 5.99. The summed E-state index contributed by atoms with van der Waals surface area (Å²) in [7, 11) is -5.85. The Morgan fingerprint density at radius 3 is 2.60 bits per heavy atom. The van der Waals surface area contributed by atoms with E-state index < -0.39 is 17.3 Å². The summed E-state index contributed by atoms with van der Waals surface area (Å²) in [5, 5.41) is 17.1. The molecule has 78 valence electrons. The highest BCUT2D eigenvalue weighted by atomic mass is 32.2. The molecule has 1 aliphatic heterocycles. The van der Waals surface area contributed by atoms with E-state index in [1.165, 1.54) is 12.1 Å². The van der Waals surface area contributed by atoms with Gasteiger partial charge in [0.15, 0.2) is 0 Å².